The van der Waals surface area contributed by atoms with Gasteiger partial charge in [-0.25, -0.2) is 0 Å². The van der Waals surface area contributed by atoms with Crippen LogP contribution in [-0.4, -0.2) is 38.3 Å². The van der Waals surface area contributed by atoms with Crippen molar-refractivity contribution < 1.29 is 14.3 Å². The maximum atomic E-state index is 12.4. The molecule has 0 bridgehead atoms. The van der Waals surface area contributed by atoms with E-state index in [0.29, 0.717) is 42.9 Å². The van der Waals surface area contributed by atoms with Crippen LogP contribution in [0.4, 0.5) is 5.69 Å². The molecule has 1 N–H and O–H groups in total. The SMILES string of the molecule is C[C@H]1Cc2ccccc2N1CCCNC(=O)c1ccc2c(c1)OCCO2. The first kappa shape index (κ1) is 16.8. The van der Waals surface area contributed by atoms with Gasteiger partial charge in [0.15, 0.2) is 11.5 Å². The van der Waals surface area contributed by atoms with E-state index in [-0.39, 0.29) is 5.91 Å². The third kappa shape index (κ3) is 3.34. The molecular weight excluding hydrogens is 328 g/mol. The minimum absolute atomic E-state index is 0.0724. The van der Waals surface area contributed by atoms with Gasteiger partial charge in [0.1, 0.15) is 13.2 Å². The van der Waals surface area contributed by atoms with E-state index >= 15 is 0 Å². The number of nitrogens with one attached hydrogen (secondary N) is 1. The van der Waals surface area contributed by atoms with Gasteiger partial charge in [0.25, 0.3) is 5.91 Å². The van der Waals surface area contributed by atoms with E-state index < -0.39 is 0 Å². The monoisotopic (exact) mass is 352 g/mol. The van der Waals surface area contributed by atoms with E-state index in [4.69, 9.17) is 9.47 Å². The summed E-state index contributed by atoms with van der Waals surface area (Å²) in [6.07, 6.45) is 2.01. The molecule has 0 aromatic heterocycles. The molecule has 5 heteroatoms. The Morgan fingerprint density at radius 1 is 1.15 bits per heavy atom. The zero-order valence-electron chi connectivity index (χ0n) is 15.0. The molecule has 2 aromatic carbocycles. The summed E-state index contributed by atoms with van der Waals surface area (Å²) < 4.78 is 11.0. The topological polar surface area (TPSA) is 50.8 Å². The lowest BCUT2D eigenvalue weighted by Gasteiger charge is -2.25. The molecule has 136 valence electrons. The first-order chi connectivity index (χ1) is 12.7. The van der Waals surface area contributed by atoms with Gasteiger partial charge in [-0.2, -0.15) is 0 Å². The summed E-state index contributed by atoms with van der Waals surface area (Å²) in [6.45, 7) is 4.93. The number of para-hydroxylation sites is 1. The van der Waals surface area contributed by atoms with Crippen molar-refractivity contribution in [3.63, 3.8) is 0 Å². The lowest BCUT2D eigenvalue weighted by molar-refractivity contribution is 0.0952. The number of amides is 1. The maximum absolute atomic E-state index is 12.4. The van der Waals surface area contributed by atoms with E-state index in [1.54, 1.807) is 18.2 Å². The highest BCUT2D eigenvalue weighted by atomic mass is 16.6. The second-order valence-electron chi connectivity index (χ2n) is 6.84. The van der Waals surface area contributed by atoms with Crippen LogP contribution in [0.15, 0.2) is 42.5 Å². The van der Waals surface area contributed by atoms with Crippen LogP contribution in [0.5, 0.6) is 11.5 Å². The maximum Gasteiger partial charge on any atom is 0.251 e. The summed E-state index contributed by atoms with van der Waals surface area (Å²) in [5.74, 6) is 1.28. The Labute approximate surface area is 153 Å². The Bertz CT molecular complexity index is 806. The van der Waals surface area contributed by atoms with E-state index in [1.165, 1.54) is 11.3 Å². The molecule has 1 atom stereocenters. The zero-order valence-corrected chi connectivity index (χ0v) is 15.0. The van der Waals surface area contributed by atoms with Gasteiger partial charge in [0, 0.05) is 30.4 Å². The summed E-state index contributed by atoms with van der Waals surface area (Å²) in [6, 6.07) is 14.4. The Hall–Kier alpha value is -2.69. The highest BCUT2D eigenvalue weighted by Crippen LogP contribution is 2.32. The van der Waals surface area contributed by atoms with Gasteiger partial charge in [-0.1, -0.05) is 18.2 Å². The Kier molecular flexibility index (Phi) is 4.69. The van der Waals surface area contributed by atoms with Gasteiger partial charge in [-0.3, -0.25) is 4.79 Å². The van der Waals surface area contributed by atoms with Gasteiger partial charge in [-0.05, 0) is 49.6 Å². The van der Waals surface area contributed by atoms with E-state index in [0.717, 1.165) is 19.4 Å². The average Bonchev–Trinajstić information content (AvgIpc) is 3.00. The van der Waals surface area contributed by atoms with Crippen molar-refractivity contribution in [1.29, 1.82) is 0 Å². The minimum Gasteiger partial charge on any atom is -0.486 e. The van der Waals surface area contributed by atoms with Crippen molar-refractivity contribution in [1.82, 2.24) is 5.32 Å². The van der Waals surface area contributed by atoms with Gasteiger partial charge in [0.2, 0.25) is 0 Å². The molecule has 2 aliphatic heterocycles. The standard InChI is InChI=1S/C21H24N2O3/c1-15-13-16-5-2-3-6-18(16)23(15)10-4-9-22-21(24)17-7-8-19-20(14-17)26-12-11-25-19/h2-3,5-8,14-15H,4,9-13H2,1H3,(H,22,24)/t15-/m0/s1. The van der Waals surface area contributed by atoms with Crippen LogP contribution in [0.2, 0.25) is 0 Å². The Balaban J connectivity index is 1.29. The van der Waals surface area contributed by atoms with Crippen LogP contribution in [0.25, 0.3) is 0 Å². The van der Waals surface area contributed by atoms with Crippen molar-refractivity contribution in [3.05, 3.63) is 53.6 Å². The fourth-order valence-corrected chi connectivity index (χ4v) is 3.71. The molecule has 2 heterocycles. The highest BCUT2D eigenvalue weighted by molar-refractivity contribution is 5.94. The summed E-state index contributed by atoms with van der Waals surface area (Å²) in [4.78, 5) is 14.8. The van der Waals surface area contributed by atoms with Gasteiger partial charge >= 0.3 is 0 Å². The Morgan fingerprint density at radius 2 is 1.96 bits per heavy atom. The first-order valence-electron chi connectivity index (χ1n) is 9.25. The fraction of sp³-hybridized carbons (Fsp3) is 0.381. The molecule has 0 fully saturated rings. The number of hydrogen-bond donors (Lipinski definition) is 1. The summed E-state index contributed by atoms with van der Waals surface area (Å²) in [7, 11) is 0. The van der Waals surface area contributed by atoms with E-state index in [1.807, 2.05) is 0 Å². The normalized spacial score (nSPS) is 17.7. The third-order valence-corrected chi connectivity index (χ3v) is 5.01. The number of anilines is 1. The number of fused-ring (bicyclic) bond motifs is 2. The molecule has 0 saturated heterocycles. The smallest absolute Gasteiger partial charge is 0.251 e. The Morgan fingerprint density at radius 3 is 2.85 bits per heavy atom. The zero-order chi connectivity index (χ0) is 17.9. The fourth-order valence-electron chi connectivity index (χ4n) is 3.71. The number of rotatable bonds is 5. The number of benzene rings is 2. The third-order valence-electron chi connectivity index (χ3n) is 5.01. The lowest BCUT2D eigenvalue weighted by Crippen LogP contribution is -2.33. The molecule has 0 unspecified atom stereocenters. The molecule has 4 rings (SSSR count). The summed E-state index contributed by atoms with van der Waals surface area (Å²) in [5, 5.41) is 3.01. The minimum atomic E-state index is -0.0724. The predicted octanol–water partition coefficient (Wildman–Crippen LogP) is 3.03. The number of ether oxygens (including phenoxy) is 2. The lowest BCUT2D eigenvalue weighted by atomic mass is 10.1. The van der Waals surface area contributed by atoms with Crippen LogP contribution < -0.4 is 19.7 Å². The molecule has 0 aliphatic carbocycles. The molecule has 0 spiro atoms. The van der Waals surface area contributed by atoms with Crippen molar-refractivity contribution in [2.75, 3.05) is 31.2 Å². The molecule has 0 radical (unpaired) electrons. The van der Waals surface area contributed by atoms with Crippen molar-refractivity contribution in [2.24, 2.45) is 0 Å². The van der Waals surface area contributed by atoms with Gasteiger partial charge in [0.05, 0.1) is 0 Å². The van der Waals surface area contributed by atoms with Gasteiger partial charge < -0.3 is 19.7 Å². The number of carbonyl (C=O) groups excluding carboxylic acids is 1. The van der Waals surface area contributed by atoms with Crippen molar-refractivity contribution in [2.45, 2.75) is 25.8 Å². The summed E-state index contributed by atoms with van der Waals surface area (Å²) in [5.41, 5.74) is 3.35. The second kappa shape index (κ2) is 7.28. The molecule has 5 nitrogen and oxygen atoms in total. The highest BCUT2D eigenvalue weighted by Gasteiger charge is 2.24. The van der Waals surface area contributed by atoms with Crippen molar-refractivity contribution >= 4 is 11.6 Å². The van der Waals surface area contributed by atoms with Crippen LogP contribution in [-0.2, 0) is 6.42 Å². The molecule has 2 aliphatic rings. The predicted molar refractivity (Wildman–Crippen MR) is 101 cm³/mol. The molecule has 1 amide bonds. The average molecular weight is 352 g/mol. The first-order valence-corrected chi connectivity index (χ1v) is 9.25. The summed E-state index contributed by atoms with van der Waals surface area (Å²) >= 11 is 0. The van der Waals surface area contributed by atoms with Gasteiger partial charge in [-0.15, -0.1) is 0 Å². The quantitative estimate of drug-likeness (QED) is 0.841. The van der Waals surface area contributed by atoms with E-state index in [9.17, 15) is 4.79 Å². The molecule has 26 heavy (non-hydrogen) atoms. The molecular formula is C21H24N2O3. The van der Waals surface area contributed by atoms with Crippen LogP contribution in [0.3, 0.4) is 0 Å². The van der Waals surface area contributed by atoms with Crippen LogP contribution in [0.1, 0.15) is 29.3 Å². The van der Waals surface area contributed by atoms with Crippen LogP contribution >= 0.6 is 0 Å². The van der Waals surface area contributed by atoms with Crippen LogP contribution in [0, 0.1) is 0 Å². The molecule has 0 saturated carbocycles. The van der Waals surface area contributed by atoms with Crippen molar-refractivity contribution in [3.8, 4) is 11.5 Å². The number of carbonyl (C=O) groups is 1. The number of hydrogen-bond acceptors (Lipinski definition) is 4. The second-order valence-corrected chi connectivity index (χ2v) is 6.84. The van der Waals surface area contributed by atoms with E-state index in [2.05, 4.69) is 41.4 Å². The molecule has 2 aromatic rings. The largest absolute Gasteiger partial charge is 0.486 e. The number of nitrogens with zero attached hydrogens (tertiary/aromatic N) is 1.